The quantitative estimate of drug-likeness (QED) is 0.841. The van der Waals surface area contributed by atoms with Gasteiger partial charge in [-0.15, -0.1) is 0 Å². The fourth-order valence-corrected chi connectivity index (χ4v) is 3.87. The number of benzene rings is 1. The van der Waals surface area contributed by atoms with E-state index in [9.17, 15) is 8.42 Å². The van der Waals surface area contributed by atoms with Crippen LogP contribution in [0.4, 0.5) is 5.69 Å². The molecule has 5 nitrogen and oxygen atoms in total. The Labute approximate surface area is 120 Å². The molecule has 20 heavy (non-hydrogen) atoms. The van der Waals surface area contributed by atoms with Crippen molar-refractivity contribution in [2.75, 3.05) is 30.2 Å². The molecule has 0 aliphatic carbocycles. The number of sulfonamides is 1. The van der Waals surface area contributed by atoms with Crippen molar-refractivity contribution in [1.82, 2.24) is 5.32 Å². The van der Waals surface area contributed by atoms with E-state index in [0.717, 1.165) is 31.7 Å². The number of hydrogen-bond acceptors (Lipinski definition) is 4. The third kappa shape index (κ3) is 4.68. The summed E-state index contributed by atoms with van der Waals surface area (Å²) >= 11 is 0. The number of anilines is 1. The van der Waals surface area contributed by atoms with Crippen molar-refractivity contribution in [3.63, 3.8) is 0 Å². The molecule has 0 saturated carbocycles. The minimum atomic E-state index is -3.29. The molecule has 1 saturated heterocycles. The molecule has 1 aliphatic rings. The van der Waals surface area contributed by atoms with E-state index in [1.807, 2.05) is 6.92 Å². The van der Waals surface area contributed by atoms with Crippen molar-refractivity contribution >= 4 is 15.7 Å². The van der Waals surface area contributed by atoms with Gasteiger partial charge >= 0.3 is 0 Å². The Morgan fingerprint density at radius 2 is 2.10 bits per heavy atom. The van der Waals surface area contributed by atoms with Crippen molar-refractivity contribution < 1.29 is 13.2 Å². The standard InChI is InChI=1S/C14H22N2O3S/c1-2-19-14-7-5-13(6-8-14)16-20(17,18)11-12-4-3-9-15-10-12/h5-8,12,15-16H,2-4,9-11H2,1H3. The van der Waals surface area contributed by atoms with Gasteiger partial charge in [0, 0.05) is 5.69 Å². The summed E-state index contributed by atoms with van der Waals surface area (Å²) in [5, 5.41) is 3.23. The Hall–Kier alpha value is -1.27. The molecule has 0 bridgehead atoms. The zero-order chi connectivity index (χ0) is 14.4. The first-order chi connectivity index (χ1) is 9.59. The van der Waals surface area contributed by atoms with E-state index in [1.54, 1.807) is 24.3 Å². The van der Waals surface area contributed by atoms with Crippen LogP contribution in [-0.4, -0.2) is 33.9 Å². The normalized spacial score (nSPS) is 19.6. The highest BCUT2D eigenvalue weighted by Gasteiger charge is 2.21. The molecule has 0 amide bonds. The highest BCUT2D eigenvalue weighted by Crippen LogP contribution is 2.18. The van der Waals surface area contributed by atoms with E-state index in [2.05, 4.69) is 10.0 Å². The zero-order valence-electron chi connectivity index (χ0n) is 11.8. The average Bonchev–Trinajstić information content (AvgIpc) is 2.41. The van der Waals surface area contributed by atoms with Gasteiger partial charge in [-0.05, 0) is 63.0 Å². The van der Waals surface area contributed by atoms with E-state index in [-0.39, 0.29) is 11.7 Å². The molecule has 6 heteroatoms. The largest absolute Gasteiger partial charge is 0.494 e. The van der Waals surface area contributed by atoms with Gasteiger partial charge in [-0.3, -0.25) is 4.72 Å². The van der Waals surface area contributed by atoms with Crippen LogP contribution in [-0.2, 0) is 10.0 Å². The second kappa shape index (κ2) is 6.95. The fourth-order valence-electron chi connectivity index (χ4n) is 2.38. The minimum Gasteiger partial charge on any atom is -0.494 e. The van der Waals surface area contributed by atoms with Gasteiger partial charge in [0.25, 0.3) is 0 Å². The molecule has 1 aromatic carbocycles. The number of hydrogen-bond donors (Lipinski definition) is 2. The van der Waals surface area contributed by atoms with Crippen LogP contribution in [0.3, 0.4) is 0 Å². The maximum atomic E-state index is 12.1. The Bertz CT molecular complexity index is 508. The Kier molecular flexibility index (Phi) is 5.25. The number of rotatable bonds is 6. The van der Waals surface area contributed by atoms with Crippen LogP contribution in [0, 0.1) is 5.92 Å². The smallest absolute Gasteiger partial charge is 0.233 e. The van der Waals surface area contributed by atoms with Crippen molar-refractivity contribution in [1.29, 1.82) is 0 Å². The summed E-state index contributed by atoms with van der Waals surface area (Å²) in [5.74, 6) is 1.11. The van der Waals surface area contributed by atoms with Gasteiger partial charge in [-0.2, -0.15) is 0 Å². The summed E-state index contributed by atoms with van der Waals surface area (Å²) in [6, 6.07) is 6.98. The van der Waals surface area contributed by atoms with E-state index < -0.39 is 10.0 Å². The lowest BCUT2D eigenvalue weighted by molar-refractivity contribution is 0.340. The molecular weight excluding hydrogens is 276 g/mol. The number of nitrogens with one attached hydrogen (secondary N) is 2. The van der Waals surface area contributed by atoms with Crippen molar-refractivity contribution in [3.8, 4) is 5.75 Å². The predicted molar refractivity (Wildman–Crippen MR) is 80.6 cm³/mol. The van der Waals surface area contributed by atoms with Gasteiger partial charge < -0.3 is 10.1 Å². The first-order valence-corrected chi connectivity index (χ1v) is 8.68. The van der Waals surface area contributed by atoms with E-state index in [0.29, 0.717) is 12.3 Å². The lowest BCUT2D eigenvalue weighted by Gasteiger charge is -2.22. The Morgan fingerprint density at radius 3 is 2.70 bits per heavy atom. The van der Waals surface area contributed by atoms with Crippen molar-refractivity contribution in [2.24, 2.45) is 5.92 Å². The number of ether oxygens (including phenoxy) is 1. The summed E-state index contributed by atoms with van der Waals surface area (Å²) in [6.45, 7) is 4.28. The maximum Gasteiger partial charge on any atom is 0.233 e. The molecule has 2 N–H and O–H groups in total. The summed E-state index contributed by atoms with van der Waals surface area (Å²) in [7, 11) is -3.29. The van der Waals surface area contributed by atoms with Crippen molar-refractivity contribution in [2.45, 2.75) is 19.8 Å². The molecule has 1 atom stereocenters. The highest BCUT2D eigenvalue weighted by atomic mass is 32.2. The minimum absolute atomic E-state index is 0.174. The Morgan fingerprint density at radius 1 is 1.35 bits per heavy atom. The van der Waals surface area contributed by atoms with Crippen LogP contribution >= 0.6 is 0 Å². The van der Waals surface area contributed by atoms with Gasteiger partial charge in [0.15, 0.2) is 0 Å². The maximum absolute atomic E-state index is 12.1. The molecule has 112 valence electrons. The molecule has 1 heterocycles. The van der Waals surface area contributed by atoms with Crippen LogP contribution in [0.15, 0.2) is 24.3 Å². The lowest BCUT2D eigenvalue weighted by Crippen LogP contribution is -2.35. The van der Waals surface area contributed by atoms with Crippen molar-refractivity contribution in [3.05, 3.63) is 24.3 Å². The zero-order valence-corrected chi connectivity index (χ0v) is 12.6. The van der Waals surface area contributed by atoms with E-state index in [1.165, 1.54) is 0 Å². The summed E-state index contributed by atoms with van der Waals surface area (Å²) in [6.07, 6.45) is 2.01. The SMILES string of the molecule is CCOc1ccc(NS(=O)(=O)CC2CCCNC2)cc1. The monoisotopic (exact) mass is 298 g/mol. The molecule has 0 aromatic heterocycles. The molecule has 1 aromatic rings. The number of piperidine rings is 1. The molecule has 0 spiro atoms. The van der Waals surface area contributed by atoms with Gasteiger partial charge in [0.2, 0.25) is 10.0 Å². The summed E-state index contributed by atoms with van der Waals surface area (Å²) in [5.41, 5.74) is 0.581. The van der Waals surface area contributed by atoms with Gasteiger partial charge in [-0.25, -0.2) is 8.42 Å². The highest BCUT2D eigenvalue weighted by molar-refractivity contribution is 7.92. The Balaban J connectivity index is 1.93. The molecule has 1 unspecified atom stereocenters. The lowest BCUT2D eigenvalue weighted by atomic mass is 10.0. The molecular formula is C14H22N2O3S. The average molecular weight is 298 g/mol. The predicted octanol–water partition coefficient (Wildman–Crippen LogP) is 1.83. The van der Waals surface area contributed by atoms with Gasteiger partial charge in [0.1, 0.15) is 5.75 Å². The van der Waals surface area contributed by atoms with E-state index >= 15 is 0 Å². The fraction of sp³-hybridized carbons (Fsp3) is 0.571. The second-order valence-electron chi connectivity index (χ2n) is 5.05. The van der Waals surface area contributed by atoms with Crippen LogP contribution < -0.4 is 14.8 Å². The van der Waals surface area contributed by atoms with Crippen LogP contribution in [0.5, 0.6) is 5.75 Å². The third-order valence-electron chi connectivity index (χ3n) is 3.29. The molecule has 0 radical (unpaired) electrons. The topological polar surface area (TPSA) is 67.4 Å². The van der Waals surface area contributed by atoms with Gasteiger partial charge in [-0.1, -0.05) is 0 Å². The molecule has 1 fully saturated rings. The third-order valence-corrected chi connectivity index (χ3v) is 4.75. The van der Waals surface area contributed by atoms with Crippen LogP contribution in [0.2, 0.25) is 0 Å². The first kappa shape index (κ1) is 15.1. The second-order valence-corrected chi connectivity index (χ2v) is 6.82. The molecule has 2 rings (SSSR count). The molecule has 1 aliphatic heterocycles. The van der Waals surface area contributed by atoms with Crippen LogP contribution in [0.1, 0.15) is 19.8 Å². The first-order valence-electron chi connectivity index (χ1n) is 7.03. The summed E-state index contributed by atoms with van der Waals surface area (Å²) < 4.78 is 32.2. The summed E-state index contributed by atoms with van der Waals surface area (Å²) in [4.78, 5) is 0. The van der Waals surface area contributed by atoms with E-state index in [4.69, 9.17) is 4.74 Å². The van der Waals surface area contributed by atoms with Gasteiger partial charge in [0.05, 0.1) is 12.4 Å². The van der Waals surface area contributed by atoms with Crippen LogP contribution in [0.25, 0.3) is 0 Å².